The van der Waals surface area contributed by atoms with E-state index in [-0.39, 0.29) is 56.1 Å². The van der Waals surface area contributed by atoms with E-state index in [4.69, 9.17) is 10.2 Å². The molecule has 0 spiro atoms. The maximum Gasteiger partial charge on any atom is 0.407 e. The molecule has 0 saturated carbocycles. The van der Waals surface area contributed by atoms with Crippen LogP contribution in [0.1, 0.15) is 43.1 Å². The first-order valence-electron chi connectivity index (χ1n) is 12.5. The van der Waals surface area contributed by atoms with Crippen molar-refractivity contribution in [3.8, 4) is 11.3 Å². The van der Waals surface area contributed by atoms with Crippen LogP contribution in [0.25, 0.3) is 11.3 Å². The predicted octanol–water partition coefficient (Wildman–Crippen LogP) is 2.89. The molecule has 4 N–H and O–H groups in total. The zero-order valence-electron chi connectivity index (χ0n) is 21.2. The molecule has 11 nitrogen and oxygen atoms in total. The molecule has 1 atom stereocenters. The largest absolute Gasteiger partial charge is 0.481 e. The lowest BCUT2D eigenvalue weighted by Crippen LogP contribution is -2.55. The molecule has 0 radical (unpaired) electrons. The molecule has 1 aliphatic heterocycles. The number of hydrogen-bond donors (Lipinski definition) is 4. The molecule has 38 heavy (non-hydrogen) atoms. The van der Waals surface area contributed by atoms with Gasteiger partial charge >= 0.3 is 12.1 Å². The van der Waals surface area contributed by atoms with Gasteiger partial charge in [0, 0.05) is 44.7 Å². The number of unbranched alkanes of at least 4 members (excludes halogenated alkanes) is 1. The van der Waals surface area contributed by atoms with Crippen molar-refractivity contribution >= 4 is 29.6 Å². The van der Waals surface area contributed by atoms with Gasteiger partial charge < -0.3 is 30.6 Å². The van der Waals surface area contributed by atoms with Gasteiger partial charge in [-0.2, -0.15) is 0 Å². The summed E-state index contributed by atoms with van der Waals surface area (Å²) in [6, 6.07) is 8.64. The van der Waals surface area contributed by atoms with Gasteiger partial charge in [0.15, 0.2) is 5.82 Å². The van der Waals surface area contributed by atoms with Crippen LogP contribution in [0.3, 0.4) is 0 Å². The van der Waals surface area contributed by atoms with Crippen LogP contribution in [0.15, 0.2) is 36.4 Å². The number of carboxylic acid groups (broad SMARTS) is 2. The number of carbonyl (C=O) groups is 4. The number of rotatable bonds is 11. The zero-order chi connectivity index (χ0) is 27.7. The monoisotopic (exact) mass is 529 g/mol. The Morgan fingerprint density at radius 2 is 1.71 bits per heavy atom. The molecule has 2 aromatic rings. The smallest absolute Gasteiger partial charge is 0.407 e. The molecule has 12 heteroatoms. The molecule has 0 unspecified atom stereocenters. The summed E-state index contributed by atoms with van der Waals surface area (Å²) in [5.41, 5.74) is 0.396. The Balaban J connectivity index is 1.86. The number of halogens is 1. The summed E-state index contributed by atoms with van der Waals surface area (Å²) in [4.78, 5) is 55.7. The number of nitrogens with zero attached hydrogens (tertiary/aromatic N) is 3. The number of piperazine rings is 1. The Hall–Kier alpha value is -4.22. The van der Waals surface area contributed by atoms with E-state index in [1.807, 2.05) is 6.92 Å². The Morgan fingerprint density at radius 3 is 2.32 bits per heavy atom. The molecule has 1 fully saturated rings. The van der Waals surface area contributed by atoms with E-state index in [0.717, 1.165) is 12.8 Å². The Kier molecular flexibility index (Phi) is 9.97. The molecule has 1 aliphatic rings. The normalized spacial score (nSPS) is 14.1. The van der Waals surface area contributed by atoms with Gasteiger partial charge in [-0.05, 0) is 18.9 Å². The highest BCUT2D eigenvalue weighted by atomic mass is 19.1. The first kappa shape index (κ1) is 28.4. The molecular weight excluding hydrogens is 497 g/mol. The zero-order valence-corrected chi connectivity index (χ0v) is 21.2. The molecular formula is C26H32FN5O6. The van der Waals surface area contributed by atoms with Crippen LogP contribution in [0, 0.1) is 5.82 Å². The number of nitrogens with one attached hydrogen (secondary N) is 2. The van der Waals surface area contributed by atoms with Gasteiger partial charge in [0.1, 0.15) is 17.4 Å². The summed E-state index contributed by atoms with van der Waals surface area (Å²) >= 11 is 0. The highest BCUT2D eigenvalue weighted by Crippen LogP contribution is 2.27. The highest BCUT2D eigenvalue weighted by molar-refractivity contribution is 5.97. The van der Waals surface area contributed by atoms with E-state index in [0.29, 0.717) is 12.1 Å². The van der Waals surface area contributed by atoms with Gasteiger partial charge in [0.25, 0.3) is 5.91 Å². The van der Waals surface area contributed by atoms with E-state index in [1.54, 1.807) is 30.3 Å². The van der Waals surface area contributed by atoms with Gasteiger partial charge in [0.2, 0.25) is 5.91 Å². The van der Waals surface area contributed by atoms with Crippen molar-refractivity contribution in [2.45, 2.75) is 38.6 Å². The van der Waals surface area contributed by atoms with Gasteiger partial charge in [0.05, 0.1) is 5.69 Å². The van der Waals surface area contributed by atoms with Crippen LogP contribution in [0.4, 0.5) is 14.9 Å². The molecule has 204 valence electrons. The molecule has 3 rings (SSSR count). The topological polar surface area (TPSA) is 152 Å². The second-order valence-electron chi connectivity index (χ2n) is 8.92. The number of aliphatic carboxylic acids is 1. The second kappa shape index (κ2) is 13.4. The summed E-state index contributed by atoms with van der Waals surface area (Å²) in [5, 5.41) is 23.9. The fraction of sp³-hybridized carbons (Fsp3) is 0.423. The number of pyridine rings is 1. The van der Waals surface area contributed by atoms with E-state index < -0.39 is 35.7 Å². The number of benzene rings is 1. The number of carbonyl (C=O) groups excluding carboxylic acids is 2. The van der Waals surface area contributed by atoms with Crippen LogP contribution in [0.2, 0.25) is 0 Å². The maximum absolute atomic E-state index is 15.3. The summed E-state index contributed by atoms with van der Waals surface area (Å²) < 4.78 is 15.3. The molecule has 0 aliphatic carbocycles. The summed E-state index contributed by atoms with van der Waals surface area (Å²) in [6.45, 7) is 2.91. The number of hydrogen-bond acceptors (Lipinski definition) is 6. The Bertz CT molecular complexity index is 1150. The van der Waals surface area contributed by atoms with Crippen molar-refractivity contribution in [2.75, 3.05) is 38.0 Å². The molecule has 3 amide bonds. The Morgan fingerprint density at radius 1 is 1.05 bits per heavy atom. The number of carboxylic acids is 1. The maximum atomic E-state index is 15.3. The highest BCUT2D eigenvalue weighted by Gasteiger charge is 2.31. The van der Waals surface area contributed by atoms with Crippen LogP contribution in [-0.4, -0.2) is 87.6 Å². The third-order valence-corrected chi connectivity index (χ3v) is 6.20. The van der Waals surface area contributed by atoms with Crippen LogP contribution in [-0.2, 0) is 9.59 Å². The average molecular weight is 530 g/mol. The van der Waals surface area contributed by atoms with Crippen LogP contribution < -0.4 is 10.6 Å². The number of anilines is 1. The van der Waals surface area contributed by atoms with Crippen LogP contribution >= 0.6 is 0 Å². The minimum Gasteiger partial charge on any atom is -0.481 e. The SMILES string of the molecule is CCCCNc1cc(C(=O)N[C@@H](CCC(=O)O)C(=O)N2CCN(C(=O)O)CC2)nc(-c2ccccc2)c1F. The predicted molar refractivity (Wildman–Crippen MR) is 137 cm³/mol. The fourth-order valence-corrected chi connectivity index (χ4v) is 4.06. The van der Waals surface area contributed by atoms with Crippen molar-refractivity contribution in [1.82, 2.24) is 20.1 Å². The summed E-state index contributed by atoms with van der Waals surface area (Å²) in [6.07, 6.45) is 0.0277. The van der Waals surface area contributed by atoms with Crippen molar-refractivity contribution < 1.29 is 33.8 Å². The lowest BCUT2D eigenvalue weighted by molar-refractivity contribution is -0.138. The van der Waals surface area contributed by atoms with Gasteiger partial charge in [-0.1, -0.05) is 43.7 Å². The number of aromatic nitrogens is 1. The summed E-state index contributed by atoms with van der Waals surface area (Å²) in [5.74, 6) is -3.02. The van der Waals surface area contributed by atoms with E-state index in [2.05, 4.69) is 15.6 Å². The second-order valence-corrected chi connectivity index (χ2v) is 8.92. The van der Waals surface area contributed by atoms with Crippen molar-refractivity contribution in [2.24, 2.45) is 0 Å². The van der Waals surface area contributed by atoms with E-state index in [9.17, 15) is 19.2 Å². The molecule has 2 heterocycles. The first-order valence-corrected chi connectivity index (χ1v) is 12.5. The molecule has 1 aromatic heterocycles. The van der Waals surface area contributed by atoms with Gasteiger partial charge in [-0.15, -0.1) is 0 Å². The average Bonchev–Trinajstić information content (AvgIpc) is 2.92. The molecule has 1 saturated heterocycles. The van der Waals surface area contributed by atoms with Crippen molar-refractivity contribution in [3.05, 3.63) is 47.9 Å². The first-order chi connectivity index (χ1) is 18.2. The molecule has 1 aromatic carbocycles. The standard InChI is InChI=1S/C26H32FN5O6/c1-2-3-11-28-19-16-20(29-23(22(19)27)17-7-5-4-6-8-17)24(35)30-18(9-10-21(33)34)25(36)31-12-14-32(15-13-31)26(37)38/h4-8,16,18H,2-3,9-15H2,1H3,(H,28,29)(H,30,35)(H,33,34)(H,37,38)/t18-/m0/s1. The summed E-state index contributed by atoms with van der Waals surface area (Å²) in [7, 11) is 0. The Labute approximate surface area is 219 Å². The number of amides is 3. The lowest BCUT2D eigenvalue weighted by atomic mass is 10.1. The van der Waals surface area contributed by atoms with E-state index in [1.165, 1.54) is 15.9 Å². The third kappa shape index (κ3) is 7.40. The molecule has 0 bridgehead atoms. The van der Waals surface area contributed by atoms with Crippen molar-refractivity contribution in [3.63, 3.8) is 0 Å². The minimum absolute atomic E-state index is 0.0320. The third-order valence-electron chi connectivity index (χ3n) is 6.20. The van der Waals surface area contributed by atoms with E-state index >= 15 is 4.39 Å². The quantitative estimate of drug-likeness (QED) is 0.324. The van der Waals surface area contributed by atoms with Crippen LogP contribution in [0.5, 0.6) is 0 Å². The van der Waals surface area contributed by atoms with Gasteiger partial charge in [-0.25, -0.2) is 14.2 Å². The van der Waals surface area contributed by atoms with Crippen molar-refractivity contribution in [1.29, 1.82) is 0 Å². The lowest BCUT2D eigenvalue weighted by Gasteiger charge is -2.35. The minimum atomic E-state index is -1.18. The fourth-order valence-electron chi connectivity index (χ4n) is 4.06. The van der Waals surface area contributed by atoms with Gasteiger partial charge in [-0.3, -0.25) is 14.4 Å².